The number of thiophene rings is 1. The van der Waals surface area contributed by atoms with Gasteiger partial charge in [-0.2, -0.15) is 0 Å². The summed E-state index contributed by atoms with van der Waals surface area (Å²) in [5.41, 5.74) is 6.29. The van der Waals surface area contributed by atoms with Crippen LogP contribution in [-0.2, 0) is 12.8 Å². The van der Waals surface area contributed by atoms with Crippen LogP contribution in [0.5, 0.6) is 0 Å². The Morgan fingerprint density at radius 2 is 1.62 bits per heavy atom. The molecule has 1 aromatic carbocycles. The third kappa shape index (κ3) is 2.93. The molecule has 0 spiro atoms. The van der Waals surface area contributed by atoms with Crippen LogP contribution in [0.4, 0.5) is 0 Å². The van der Waals surface area contributed by atoms with E-state index in [0.717, 1.165) is 10.4 Å². The van der Waals surface area contributed by atoms with Crippen LogP contribution in [0, 0.1) is 20.8 Å². The predicted molar refractivity (Wildman–Crippen MR) is 90.3 cm³/mol. The van der Waals surface area contributed by atoms with Crippen LogP contribution in [0.25, 0.3) is 0 Å². The largest absolute Gasteiger partial charge is 0.383 e. The van der Waals surface area contributed by atoms with Crippen molar-refractivity contribution < 1.29 is 5.11 Å². The monoisotopic (exact) mass is 300 g/mol. The molecule has 1 atom stereocenters. The average Bonchev–Trinajstić information content (AvgIpc) is 2.73. The summed E-state index contributed by atoms with van der Waals surface area (Å²) in [5, 5.41) is 10.8. The van der Waals surface area contributed by atoms with Gasteiger partial charge in [-0.25, -0.2) is 0 Å². The topological polar surface area (TPSA) is 20.2 Å². The first kappa shape index (κ1) is 14.8. The zero-order valence-corrected chi connectivity index (χ0v) is 14.0. The maximum absolute atomic E-state index is 10.8. The van der Waals surface area contributed by atoms with Gasteiger partial charge in [0.25, 0.3) is 0 Å². The summed E-state index contributed by atoms with van der Waals surface area (Å²) < 4.78 is 0. The molecule has 2 aromatic rings. The van der Waals surface area contributed by atoms with E-state index in [1.807, 2.05) is 11.3 Å². The molecule has 0 bridgehead atoms. The van der Waals surface area contributed by atoms with E-state index >= 15 is 0 Å². The van der Waals surface area contributed by atoms with Crippen molar-refractivity contribution in [2.45, 2.75) is 59.0 Å². The molecule has 1 heterocycles. The Labute approximate surface area is 131 Å². The highest BCUT2D eigenvalue weighted by Crippen LogP contribution is 2.36. The van der Waals surface area contributed by atoms with Gasteiger partial charge in [-0.05, 0) is 80.3 Å². The van der Waals surface area contributed by atoms with Crippen LogP contribution in [0.2, 0.25) is 0 Å². The van der Waals surface area contributed by atoms with Crippen molar-refractivity contribution >= 4 is 11.3 Å². The summed E-state index contributed by atoms with van der Waals surface area (Å²) in [7, 11) is 0. The molecule has 21 heavy (non-hydrogen) atoms. The smallest absolute Gasteiger partial charge is 0.113 e. The molecule has 0 fully saturated rings. The number of fused-ring (bicyclic) bond motifs is 1. The lowest BCUT2D eigenvalue weighted by Gasteiger charge is -2.15. The third-order valence-corrected chi connectivity index (χ3v) is 6.00. The number of benzene rings is 1. The van der Waals surface area contributed by atoms with Gasteiger partial charge in [-0.3, -0.25) is 0 Å². The lowest BCUT2D eigenvalue weighted by Crippen LogP contribution is -2.01. The SMILES string of the molecule is Cc1cc(C)c(C(O)c2cc3c(s2)CCCCC3)cc1C. The highest BCUT2D eigenvalue weighted by Gasteiger charge is 2.19. The molecule has 1 N–H and O–H groups in total. The fraction of sp³-hybridized carbons (Fsp3) is 0.474. The van der Waals surface area contributed by atoms with E-state index in [1.54, 1.807) is 0 Å². The quantitative estimate of drug-likeness (QED) is 0.772. The number of aryl methyl sites for hydroxylation is 5. The van der Waals surface area contributed by atoms with E-state index in [2.05, 4.69) is 39.0 Å². The molecule has 1 aliphatic rings. The summed E-state index contributed by atoms with van der Waals surface area (Å²) in [5.74, 6) is 0. The number of hydrogen-bond donors (Lipinski definition) is 1. The van der Waals surface area contributed by atoms with Gasteiger partial charge in [-0.1, -0.05) is 18.6 Å². The Balaban J connectivity index is 1.95. The van der Waals surface area contributed by atoms with Gasteiger partial charge >= 0.3 is 0 Å². The summed E-state index contributed by atoms with van der Waals surface area (Å²) in [6.45, 7) is 6.35. The number of rotatable bonds is 2. The molecular weight excluding hydrogens is 276 g/mol. The average molecular weight is 300 g/mol. The third-order valence-electron chi connectivity index (χ3n) is 4.71. The van der Waals surface area contributed by atoms with Crippen LogP contribution in [0.3, 0.4) is 0 Å². The molecular formula is C19H24OS. The first-order chi connectivity index (χ1) is 10.1. The van der Waals surface area contributed by atoms with Gasteiger partial charge in [0.05, 0.1) is 0 Å². The van der Waals surface area contributed by atoms with E-state index in [1.165, 1.54) is 59.2 Å². The first-order valence-electron chi connectivity index (χ1n) is 7.93. The van der Waals surface area contributed by atoms with Crippen molar-refractivity contribution in [1.82, 2.24) is 0 Å². The summed E-state index contributed by atoms with van der Waals surface area (Å²) in [6, 6.07) is 6.59. The second-order valence-electron chi connectivity index (χ2n) is 6.35. The minimum absolute atomic E-state index is 0.471. The minimum Gasteiger partial charge on any atom is -0.383 e. The molecule has 1 unspecified atom stereocenters. The molecule has 0 saturated heterocycles. The highest BCUT2D eigenvalue weighted by atomic mass is 32.1. The van der Waals surface area contributed by atoms with Crippen molar-refractivity contribution in [3.05, 3.63) is 55.8 Å². The van der Waals surface area contributed by atoms with Crippen molar-refractivity contribution in [2.75, 3.05) is 0 Å². The molecule has 112 valence electrons. The molecule has 1 aromatic heterocycles. The minimum atomic E-state index is -0.471. The molecule has 0 aliphatic heterocycles. The number of aliphatic hydroxyl groups is 1. The second kappa shape index (κ2) is 5.94. The summed E-state index contributed by atoms with van der Waals surface area (Å²) in [6.07, 6.45) is 5.84. The predicted octanol–water partition coefficient (Wildman–Crippen LogP) is 5.02. The molecule has 2 heteroatoms. The molecule has 3 rings (SSSR count). The second-order valence-corrected chi connectivity index (χ2v) is 7.52. The van der Waals surface area contributed by atoms with Crippen molar-refractivity contribution in [2.24, 2.45) is 0 Å². The lowest BCUT2D eigenvalue weighted by atomic mass is 9.96. The van der Waals surface area contributed by atoms with Gasteiger partial charge in [0, 0.05) is 9.75 Å². The van der Waals surface area contributed by atoms with E-state index in [4.69, 9.17) is 0 Å². The first-order valence-corrected chi connectivity index (χ1v) is 8.75. The van der Waals surface area contributed by atoms with Crippen LogP contribution >= 0.6 is 11.3 Å². The number of aliphatic hydroxyl groups excluding tert-OH is 1. The van der Waals surface area contributed by atoms with E-state index in [9.17, 15) is 5.11 Å². The van der Waals surface area contributed by atoms with E-state index < -0.39 is 6.10 Å². The van der Waals surface area contributed by atoms with Crippen LogP contribution in [-0.4, -0.2) is 5.11 Å². The molecule has 1 aliphatic carbocycles. The van der Waals surface area contributed by atoms with Crippen LogP contribution in [0.15, 0.2) is 18.2 Å². The van der Waals surface area contributed by atoms with E-state index in [0.29, 0.717) is 0 Å². The fourth-order valence-electron chi connectivity index (χ4n) is 3.26. The van der Waals surface area contributed by atoms with Crippen molar-refractivity contribution in [3.8, 4) is 0 Å². The zero-order valence-electron chi connectivity index (χ0n) is 13.2. The maximum atomic E-state index is 10.8. The van der Waals surface area contributed by atoms with Gasteiger partial charge in [0.15, 0.2) is 0 Å². The van der Waals surface area contributed by atoms with Gasteiger partial charge < -0.3 is 5.11 Å². The highest BCUT2D eigenvalue weighted by molar-refractivity contribution is 7.12. The molecule has 0 amide bonds. The normalized spacial score (nSPS) is 16.4. The lowest BCUT2D eigenvalue weighted by molar-refractivity contribution is 0.223. The standard InChI is InChI=1S/C19H24OS/c1-12-9-14(3)16(10-13(12)2)19(20)18-11-15-7-5-4-6-8-17(15)21-18/h9-11,19-20H,4-8H2,1-3H3. The molecule has 0 radical (unpaired) electrons. The van der Waals surface area contributed by atoms with Gasteiger partial charge in [0.2, 0.25) is 0 Å². The van der Waals surface area contributed by atoms with Crippen molar-refractivity contribution in [1.29, 1.82) is 0 Å². The van der Waals surface area contributed by atoms with Crippen LogP contribution in [0.1, 0.15) is 62.9 Å². The van der Waals surface area contributed by atoms with Gasteiger partial charge in [0.1, 0.15) is 6.10 Å². The van der Waals surface area contributed by atoms with Gasteiger partial charge in [-0.15, -0.1) is 11.3 Å². The van der Waals surface area contributed by atoms with Crippen LogP contribution < -0.4 is 0 Å². The fourth-order valence-corrected chi connectivity index (χ4v) is 4.52. The number of hydrogen-bond acceptors (Lipinski definition) is 2. The summed E-state index contributed by atoms with van der Waals surface area (Å²) in [4.78, 5) is 2.62. The Morgan fingerprint density at radius 1 is 0.905 bits per heavy atom. The molecule has 0 saturated carbocycles. The van der Waals surface area contributed by atoms with E-state index in [-0.39, 0.29) is 0 Å². The summed E-state index contributed by atoms with van der Waals surface area (Å²) >= 11 is 1.82. The Kier molecular flexibility index (Phi) is 4.19. The Bertz CT molecular complexity index is 630. The zero-order chi connectivity index (χ0) is 15.0. The van der Waals surface area contributed by atoms with Crippen molar-refractivity contribution in [3.63, 3.8) is 0 Å². The Hall–Kier alpha value is -1.12. The Morgan fingerprint density at radius 3 is 2.43 bits per heavy atom. The maximum Gasteiger partial charge on any atom is 0.113 e. The molecule has 1 nitrogen and oxygen atoms in total.